The lowest BCUT2D eigenvalue weighted by molar-refractivity contribution is -0.928. The predicted octanol–water partition coefficient (Wildman–Crippen LogP) is 6.51. The highest BCUT2D eigenvalue weighted by Gasteiger charge is 2.25. The van der Waals surface area contributed by atoms with Crippen molar-refractivity contribution in [1.29, 1.82) is 0 Å². The molecule has 1 rings (SSSR count). The zero-order valence-electron chi connectivity index (χ0n) is 19.7. The Bertz CT molecular complexity index is 612. The summed E-state index contributed by atoms with van der Waals surface area (Å²) in [6.07, 6.45) is 12.1. The van der Waals surface area contributed by atoms with Crippen LogP contribution in [0.1, 0.15) is 84.1 Å². The summed E-state index contributed by atoms with van der Waals surface area (Å²) in [7, 11) is -4.27. The topological polar surface area (TPSA) is 57.2 Å². The van der Waals surface area contributed by atoms with Gasteiger partial charge < -0.3 is 9.04 Å². The minimum atomic E-state index is -4.27. The highest BCUT2D eigenvalue weighted by atomic mass is 35.5. The normalized spacial score (nSPS) is 11.8. The molecule has 0 aromatic heterocycles. The van der Waals surface area contributed by atoms with Crippen molar-refractivity contribution in [2.45, 2.75) is 90.4 Å². The second-order valence-electron chi connectivity index (χ2n) is 8.31. The Hall–Kier alpha value is -0.620. The fourth-order valence-electron chi connectivity index (χ4n) is 3.66. The van der Waals surface area contributed by atoms with Crippen LogP contribution in [0.2, 0.25) is 0 Å². The van der Waals surface area contributed by atoms with Gasteiger partial charge in [0, 0.05) is 12.3 Å². The first-order valence-electron chi connectivity index (χ1n) is 11.7. The van der Waals surface area contributed by atoms with Crippen LogP contribution >= 0.6 is 11.6 Å². The van der Waals surface area contributed by atoms with Crippen molar-refractivity contribution in [1.82, 2.24) is 0 Å². The summed E-state index contributed by atoms with van der Waals surface area (Å²) in [5.41, 5.74) is 0.928. The van der Waals surface area contributed by atoms with Gasteiger partial charge in [0.05, 0.1) is 31.1 Å². The molecule has 0 saturated carbocycles. The van der Waals surface area contributed by atoms with Crippen LogP contribution in [0.15, 0.2) is 29.2 Å². The van der Waals surface area contributed by atoms with Gasteiger partial charge >= 0.3 is 0 Å². The Morgan fingerprint density at radius 2 is 1.20 bits per heavy atom. The molecule has 1 aromatic carbocycles. The molecule has 0 saturated heterocycles. The Balaban J connectivity index is 0.000000642. The summed E-state index contributed by atoms with van der Waals surface area (Å²) < 4.78 is 32.5. The third kappa shape index (κ3) is 13.6. The quantitative estimate of drug-likeness (QED) is 0.129. The van der Waals surface area contributed by atoms with Gasteiger partial charge in [0.2, 0.25) is 0 Å². The van der Waals surface area contributed by atoms with Gasteiger partial charge in [-0.15, -0.1) is 11.6 Å². The van der Waals surface area contributed by atoms with Gasteiger partial charge in [-0.2, -0.15) is 0 Å². The van der Waals surface area contributed by atoms with Crippen LogP contribution in [0.5, 0.6) is 0 Å². The molecule has 0 fully saturated rings. The number of aryl methyl sites for hydroxylation is 1. The number of halogens is 1. The molecule has 30 heavy (non-hydrogen) atoms. The summed E-state index contributed by atoms with van der Waals surface area (Å²) in [4.78, 5) is -0.178. The number of unbranched alkanes of at least 4 members (excludes halogenated alkanes) is 5. The van der Waals surface area contributed by atoms with E-state index in [1.807, 2.05) is 6.92 Å². The lowest BCUT2D eigenvalue weighted by Crippen LogP contribution is -2.51. The fraction of sp³-hybridized carbons (Fsp3) is 0.750. The summed E-state index contributed by atoms with van der Waals surface area (Å²) >= 11 is 5.95. The Kier molecular flexibility index (Phi) is 16.6. The van der Waals surface area contributed by atoms with E-state index in [2.05, 4.69) is 20.8 Å². The highest BCUT2D eigenvalue weighted by Crippen LogP contribution is 2.17. The monoisotopic (exact) mass is 461 g/mol. The molecule has 0 aliphatic heterocycles. The second-order valence-corrected chi connectivity index (χ2v) is 10.1. The van der Waals surface area contributed by atoms with Crippen LogP contribution < -0.4 is 0 Å². The van der Waals surface area contributed by atoms with Crippen molar-refractivity contribution in [3.05, 3.63) is 29.8 Å². The smallest absolute Gasteiger partial charge is 0.124 e. The number of quaternary nitrogens is 1. The van der Waals surface area contributed by atoms with Crippen molar-refractivity contribution in [2.24, 2.45) is 0 Å². The van der Waals surface area contributed by atoms with E-state index in [9.17, 15) is 13.0 Å². The minimum absolute atomic E-state index is 0.178. The van der Waals surface area contributed by atoms with E-state index in [0.29, 0.717) is 0 Å². The number of nitrogens with zero attached hydrogens (tertiary/aromatic N) is 1. The molecule has 0 radical (unpaired) electrons. The van der Waals surface area contributed by atoms with Crippen LogP contribution in [0, 0.1) is 6.92 Å². The summed E-state index contributed by atoms with van der Waals surface area (Å²) in [6.45, 7) is 14.2. The Labute approximate surface area is 191 Å². The largest absolute Gasteiger partial charge is 0.744 e. The maximum atomic E-state index is 10.4. The number of hydrogen-bond donors (Lipinski definition) is 0. The van der Waals surface area contributed by atoms with Crippen molar-refractivity contribution < 1.29 is 17.5 Å². The van der Waals surface area contributed by atoms with E-state index >= 15 is 0 Å². The van der Waals surface area contributed by atoms with Gasteiger partial charge in [0.25, 0.3) is 0 Å². The van der Waals surface area contributed by atoms with Crippen molar-refractivity contribution in [3.8, 4) is 0 Å². The van der Waals surface area contributed by atoms with E-state index in [0.717, 1.165) is 11.4 Å². The number of rotatable bonds is 15. The third-order valence-electron chi connectivity index (χ3n) is 5.53. The van der Waals surface area contributed by atoms with E-state index in [-0.39, 0.29) is 4.90 Å². The minimum Gasteiger partial charge on any atom is -0.744 e. The van der Waals surface area contributed by atoms with Crippen molar-refractivity contribution >= 4 is 21.7 Å². The Morgan fingerprint density at radius 3 is 1.60 bits per heavy atom. The van der Waals surface area contributed by atoms with E-state index < -0.39 is 10.1 Å². The molecule has 1 aromatic rings. The molecule has 0 bridgehead atoms. The van der Waals surface area contributed by atoms with E-state index in [1.165, 1.54) is 101 Å². The van der Waals surface area contributed by atoms with E-state index in [4.69, 9.17) is 11.6 Å². The average Bonchev–Trinajstić information content (AvgIpc) is 2.71. The van der Waals surface area contributed by atoms with Crippen LogP contribution in [0.4, 0.5) is 0 Å². The molecule has 0 heterocycles. The molecule has 0 amide bonds. The zero-order valence-corrected chi connectivity index (χ0v) is 21.2. The molecule has 0 aliphatic carbocycles. The maximum absolute atomic E-state index is 10.4. The SMILES string of the molecule is CCCCC[N+](CCCC)(CCCCl)CCCCC.Cc1ccc(S(=O)(=O)[O-])cc1. The maximum Gasteiger partial charge on any atom is 0.124 e. The Morgan fingerprint density at radius 1 is 0.767 bits per heavy atom. The first-order chi connectivity index (χ1) is 14.2. The molecule has 0 spiro atoms. The highest BCUT2D eigenvalue weighted by molar-refractivity contribution is 7.85. The molecule has 6 heteroatoms. The molecule has 4 nitrogen and oxygen atoms in total. The predicted molar refractivity (Wildman–Crippen MR) is 128 cm³/mol. The molecule has 0 aliphatic rings. The van der Waals surface area contributed by atoms with Gasteiger partial charge in [0.1, 0.15) is 10.1 Å². The van der Waals surface area contributed by atoms with E-state index in [1.54, 1.807) is 12.1 Å². The van der Waals surface area contributed by atoms with Gasteiger partial charge in [-0.25, -0.2) is 8.42 Å². The lowest BCUT2D eigenvalue weighted by Gasteiger charge is -2.39. The second kappa shape index (κ2) is 17.0. The zero-order chi connectivity index (χ0) is 22.9. The molecular weight excluding hydrogens is 418 g/mol. The van der Waals surface area contributed by atoms with Crippen LogP contribution in [0.3, 0.4) is 0 Å². The van der Waals surface area contributed by atoms with Crippen molar-refractivity contribution in [2.75, 3.05) is 32.1 Å². The number of benzene rings is 1. The van der Waals surface area contributed by atoms with Crippen LogP contribution in [0.25, 0.3) is 0 Å². The van der Waals surface area contributed by atoms with Gasteiger partial charge in [-0.1, -0.05) is 57.7 Å². The van der Waals surface area contributed by atoms with Gasteiger partial charge in [0.15, 0.2) is 0 Å². The summed E-state index contributed by atoms with van der Waals surface area (Å²) in [6, 6.07) is 5.78. The van der Waals surface area contributed by atoms with Gasteiger partial charge in [-0.3, -0.25) is 0 Å². The summed E-state index contributed by atoms with van der Waals surface area (Å²) in [5.74, 6) is 0.827. The average molecular weight is 462 g/mol. The number of alkyl halides is 1. The van der Waals surface area contributed by atoms with Crippen LogP contribution in [-0.2, 0) is 10.1 Å². The molecule has 0 N–H and O–H groups in total. The fourth-order valence-corrected chi connectivity index (χ4v) is 4.25. The number of hydrogen-bond acceptors (Lipinski definition) is 3. The first-order valence-corrected chi connectivity index (χ1v) is 13.6. The molecule has 0 atom stereocenters. The van der Waals surface area contributed by atoms with Crippen LogP contribution in [-0.4, -0.2) is 49.5 Å². The summed E-state index contributed by atoms with van der Waals surface area (Å²) in [5, 5.41) is 0. The molecule has 176 valence electrons. The molecular formula is C24H44ClNO3S. The van der Waals surface area contributed by atoms with Crippen molar-refractivity contribution in [3.63, 3.8) is 0 Å². The van der Waals surface area contributed by atoms with Gasteiger partial charge in [-0.05, 0) is 51.2 Å². The molecule has 0 unspecified atom stereocenters. The third-order valence-corrected chi connectivity index (χ3v) is 6.65. The first kappa shape index (κ1) is 29.4. The standard InChI is InChI=1S/C17H37ClN.C7H8O3S/c1-4-7-10-15-19(14-9-6-3,17-12-13-18)16-11-8-5-2;1-6-2-4-7(5-3-6)11(8,9)10/h4-17H2,1-3H3;2-5H,1H3,(H,8,9,10)/q+1;/p-1. The lowest BCUT2D eigenvalue weighted by atomic mass is 10.1.